The van der Waals surface area contributed by atoms with E-state index in [0.717, 1.165) is 4.90 Å². The van der Waals surface area contributed by atoms with E-state index in [9.17, 15) is 23.1 Å². The number of anilines is 2. The number of benzene rings is 1. The Hall–Kier alpha value is -2.50. The molecule has 2 aliphatic rings. The van der Waals surface area contributed by atoms with Crippen LogP contribution in [0.3, 0.4) is 0 Å². The van der Waals surface area contributed by atoms with Crippen LogP contribution in [-0.2, 0) is 11.3 Å². The van der Waals surface area contributed by atoms with Crippen molar-refractivity contribution in [2.75, 3.05) is 49.8 Å². The fourth-order valence-electron chi connectivity index (χ4n) is 4.15. The maximum absolute atomic E-state index is 14.0. The van der Waals surface area contributed by atoms with Gasteiger partial charge in [0, 0.05) is 31.3 Å². The molecule has 180 valence electrons. The average Bonchev–Trinajstić information content (AvgIpc) is 2.79. The van der Waals surface area contributed by atoms with Crippen molar-refractivity contribution in [3.63, 3.8) is 0 Å². The number of nitrogens with zero attached hydrogens (tertiary/aromatic N) is 4. The van der Waals surface area contributed by atoms with Crippen LogP contribution >= 0.6 is 11.6 Å². The number of hydrogen-bond acceptors (Lipinski definition) is 7. The molecule has 0 spiro atoms. The molecule has 2 aliphatic heterocycles. The molecule has 1 N–H and O–H groups in total. The number of β-amino-alcohol motifs (C(OH)–C–C–N with tert-alkyl or cyclic N) is 1. The van der Waals surface area contributed by atoms with Crippen LogP contribution in [0.1, 0.15) is 18.1 Å². The van der Waals surface area contributed by atoms with Crippen LogP contribution in [-0.4, -0.2) is 66.8 Å². The van der Waals surface area contributed by atoms with Gasteiger partial charge in [-0.05, 0) is 18.6 Å². The number of hydrogen-bond donors (Lipinski definition) is 1. The van der Waals surface area contributed by atoms with Gasteiger partial charge >= 0.3 is 6.18 Å². The lowest BCUT2D eigenvalue weighted by molar-refractivity contribution is -0.153. The van der Waals surface area contributed by atoms with E-state index in [1.165, 1.54) is 29.9 Å². The molecule has 0 radical (unpaired) electrons. The Bertz CT molecular complexity index is 1060. The third-order valence-electron chi connectivity index (χ3n) is 5.88. The van der Waals surface area contributed by atoms with E-state index in [4.69, 9.17) is 21.1 Å². The smallest absolute Gasteiger partial charge is 0.408 e. The molecule has 4 rings (SSSR count). The van der Waals surface area contributed by atoms with E-state index in [2.05, 4.69) is 4.98 Å². The van der Waals surface area contributed by atoms with Crippen LogP contribution < -0.4 is 20.1 Å². The Morgan fingerprint density at radius 2 is 2.00 bits per heavy atom. The van der Waals surface area contributed by atoms with Crippen LogP contribution in [0.5, 0.6) is 5.75 Å². The van der Waals surface area contributed by atoms with Crippen LogP contribution in [0.2, 0.25) is 5.02 Å². The van der Waals surface area contributed by atoms with Crippen molar-refractivity contribution >= 4 is 23.4 Å². The lowest BCUT2D eigenvalue weighted by atomic mass is 10.1. The summed E-state index contributed by atoms with van der Waals surface area (Å²) in [5.74, 6) is 0.622. The van der Waals surface area contributed by atoms with E-state index < -0.39 is 30.4 Å². The highest BCUT2D eigenvalue weighted by Crippen LogP contribution is 2.36. The van der Waals surface area contributed by atoms with Gasteiger partial charge < -0.3 is 24.4 Å². The quantitative estimate of drug-likeness (QED) is 0.693. The Labute approximate surface area is 193 Å². The van der Waals surface area contributed by atoms with Crippen LogP contribution in [0.4, 0.5) is 24.9 Å². The molecule has 12 heteroatoms. The Balaban J connectivity index is 1.72. The van der Waals surface area contributed by atoms with Crippen LogP contribution in [0.15, 0.2) is 29.1 Å². The zero-order valence-electron chi connectivity index (χ0n) is 17.9. The molecule has 2 atom stereocenters. The molecule has 1 aromatic heterocycles. The maximum Gasteiger partial charge on any atom is 0.408 e. The number of alkyl halides is 3. The van der Waals surface area contributed by atoms with Crippen molar-refractivity contribution in [2.45, 2.75) is 31.3 Å². The van der Waals surface area contributed by atoms with Gasteiger partial charge in [-0.15, -0.1) is 0 Å². The van der Waals surface area contributed by atoms with E-state index >= 15 is 0 Å². The van der Waals surface area contributed by atoms with Gasteiger partial charge in [0.05, 0.1) is 38.0 Å². The fraction of sp³-hybridized carbons (Fsp3) is 0.524. The second kappa shape index (κ2) is 9.40. The van der Waals surface area contributed by atoms with Gasteiger partial charge in [0.2, 0.25) is 5.95 Å². The summed E-state index contributed by atoms with van der Waals surface area (Å²) < 4.78 is 53.5. The molecule has 33 heavy (non-hydrogen) atoms. The maximum atomic E-state index is 14.0. The Morgan fingerprint density at radius 1 is 1.27 bits per heavy atom. The van der Waals surface area contributed by atoms with Crippen molar-refractivity contribution in [1.29, 1.82) is 0 Å². The monoisotopic (exact) mass is 488 g/mol. The summed E-state index contributed by atoms with van der Waals surface area (Å²) in [6.07, 6.45) is -6.27. The minimum Gasteiger partial charge on any atom is -0.497 e. The molecule has 1 saturated heterocycles. The number of aliphatic hydroxyl groups excluding tert-OH is 1. The number of aromatic nitrogens is 2. The zero-order valence-corrected chi connectivity index (χ0v) is 18.6. The number of methoxy groups -OCH3 is 1. The van der Waals surface area contributed by atoms with E-state index in [0.29, 0.717) is 37.9 Å². The summed E-state index contributed by atoms with van der Waals surface area (Å²) in [6.45, 7) is 1.25. The van der Waals surface area contributed by atoms with Crippen LogP contribution in [0.25, 0.3) is 0 Å². The predicted molar refractivity (Wildman–Crippen MR) is 116 cm³/mol. The number of morpholine rings is 1. The Kier molecular flexibility index (Phi) is 6.73. The number of aliphatic hydroxyl groups is 1. The van der Waals surface area contributed by atoms with Crippen molar-refractivity contribution in [3.8, 4) is 5.75 Å². The molecule has 0 bridgehead atoms. The van der Waals surface area contributed by atoms with Crippen molar-refractivity contribution in [2.24, 2.45) is 0 Å². The lowest BCUT2D eigenvalue weighted by Crippen LogP contribution is -2.54. The first-order chi connectivity index (χ1) is 15.7. The van der Waals surface area contributed by atoms with Gasteiger partial charge in [-0.2, -0.15) is 18.2 Å². The molecule has 0 amide bonds. The largest absolute Gasteiger partial charge is 0.497 e. The summed E-state index contributed by atoms with van der Waals surface area (Å²) >= 11 is 6.23. The number of fused-ring (bicyclic) bond motifs is 1. The van der Waals surface area contributed by atoms with Crippen molar-refractivity contribution in [3.05, 3.63) is 45.2 Å². The summed E-state index contributed by atoms with van der Waals surface area (Å²) in [4.78, 5) is 20.0. The van der Waals surface area contributed by atoms with Gasteiger partial charge in [-0.25, -0.2) is 0 Å². The average molecular weight is 489 g/mol. The molecular formula is C21H24ClF3N4O4. The standard InChI is InChI=1S/C21H24ClF3N4O4/c1-32-13-2-3-14(15(22)10-13)16(30)12-29-17(21(23,24)25)4-5-28-19(31)11-18(26-20(28)29)27-6-8-33-9-7-27/h2-3,10-11,16-17,30H,4-9,12H2,1H3/t16-,17?/m0/s1. The van der Waals surface area contributed by atoms with Crippen molar-refractivity contribution < 1.29 is 27.8 Å². The normalized spacial score (nSPS) is 19.9. The van der Waals surface area contributed by atoms with Gasteiger partial charge in [-0.1, -0.05) is 17.7 Å². The molecule has 1 aromatic carbocycles. The second-order valence-electron chi connectivity index (χ2n) is 7.91. The van der Waals surface area contributed by atoms with Gasteiger partial charge in [0.15, 0.2) is 0 Å². The summed E-state index contributed by atoms with van der Waals surface area (Å²) in [5.41, 5.74) is -0.189. The van der Waals surface area contributed by atoms with E-state index in [1.54, 1.807) is 11.0 Å². The number of ether oxygens (including phenoxy) is 2. The summed E-state index contributed by atoms with van der Waals surface area (Å²) in [7, 11) is 1.45. The molecular weight excluding hydrogens is 465 g/mol. The highest BCUT2D eigenvalue weighted by Gasteiger charge is 2.47. The Morgan fingerprint density at radius 3 is 2.64 bits per heavy atom. The lowest BCUT2D eigenvalue weighted by Gasteiger charge is -2.40. The van der Waals surface area contributed by atoms with Crippen molar-refractivity contribution in [1.82, 2.24) is 9.55 Å². The molecule has 1 unspecified atom stereocenters. The van der Waals surface area contributed by atoms with E-state index in [-0.39, 0.29) is 29.5 Å². The molecule has 0 saturated carbocycles. The predicted octanol–water partition coefficient (Wildman–Crippen LogP) is 2.62. The first-order valence-corrected chi connectivity index (χ1v) is 10.9. The van der Waals surface area contributed by atoms with Gasteiger partial charge in [0.25, 0.3) is 5.56 Å². The third kappa shape index (κ3) is 4.90. The SMILES string of the molecule is COc1ccc([C@@H](O)CN2c3nc(N4CCOCC4)cc(=O)n3CCC2C(F)(F)F)c(Cl)c1. The molecule has 8 nitrogen and oxygen atoms in total. The molecule has 0 aliphatic carbocycles. The first kappa shape index (κ1) is 23.7. The molecule has 1 fully saturated rings. The van der Waals surface area contributed by atoms with Gasteiger partial charge in [-0.3, -0.25) is 9.36 Å². The minimum atomic E-state index is -4.58. The molecule has 3 heterocycles. The summed E-state index contributed by atoms with van der Waals surface area (Å²) in [6, 6.07) is 3.97. The first-order valence-electron chi connectivity index (χ1n) is 10.5. The van der Waals surface area contributed by atoms with Crippen LogP contribution in [0, 0.1) is 0 Å². The summed E-state index contributed by atoms with van der Waals surface area (Å²) in [5, 5.41) is 11.0. The third-order valence-corrected chi connectivity index (χ3v) is 6.21. The number of rotatable bonds is 5. The fourth-order valence-corrected chi connectivity index (χ4v) is 4.45. The minimum absolute atomic E-state index is 0.120. The topological polar surface area (TPSA) is 80.1 Å². The van der Waals surface area contributed by atoms with E-state index in [1.807, 2.05) is 0 Å². The highest BCUT2D eigenvalue weighted by molar-refractivity contribution is 6.31. The second-order valence-corrected chi connectivity index (χ2v) is 8.31. The highest BCUT2D eigenvalue weighted by atomic mass is 35.5. The molecule has 2 aromatic rings. The zero-order chi connectivity index (χ0) is 23.8. The number of halogens is 4. The van der Waals surface area contributed by atoms with Gasteiger partial charge in [0.1, 0.15) is 17.6 Å².